The van der Waals surface area contributed by atoms with Gasteiger partial charge in [-0.2, -0.15) is 0 Å². The molecule has 30 heavy (non-hydrogen) atoms. The molecule has 1 fully saturated rings. The van der Waals surface area contributed by atoms with Gasteiger partial charge in [-0.25, -0.2) is 0 Å². The van der Waals surface area contributed by atoms with Crippen LogP contribution in [0, 0.1) is 0 Å². The lowest BCUT2D eigenvalue weighted by atomic mass is 10.1. The van der Waals surface area contributed by atoms with E-state index in [0.29, 0.717) is 29.6 Å². The third-order valence-electron chi connectivity index (χ3n) is 4.60. The number of amides is 3. The van der Waals surface area contributed by atoms with Crippen LogP contribution in [0.2, 0.25) is 0 Å². The van der Waals surface area contributed by atoms with Crippen LogP contribution >= 0.6 is 11.8 Å². The minimum absolute atomic E-state index is 0.129. The molecule has 1 N–H and O–H groups in total. The van der Waals surface area contributed by atoms with E-state index in [0.717, 1.165) is 27.8 Å². The number of fused-ring (bicyclic) bond motifs is 1. The van der Waals surface area contributed by atoms with Gasteiger partial charge in [-0.1, -0.05) is 36.4 Å². The second-order valence-electron chi connectivity index (χ2n) is 6.75. The van der Waals surface area contributed by atoms with Crippen LogP contribution in [0.15, 0.2) is 53.4 Å². The molecule has 0 atom stereocenters. The number of nitrogens with one attached hydrogen (secondary N) is 1. The number of ether oxygens (including phenoxy) is 2. The van der Waals surface area contributed by atoms with Gasteiger partial charge in [-0.15, -0.1) is 0 Å². The minimum atomic E-state index is -0.338. The summed E-state index contributed by atoms with van der Waals surface area (Å²) in [5.41, 5.74) is 1.66. The van der Waals surface area contributed by atoms with Crippen molar-refractivity contribution in [3.63, 3.8) is 0 Å². The zero-order valence-electron chi connectivity index (χ0n) is 16.1. The summed E-state index contributed by atoms with van der Waals surface area (Å²) < 4.78 is 11.0. The zero-order valence-corrected chi connectivity index (χ0v) is 16.9. The van der Waals surface area contributed by atoms with E-state index in [2.05, 4.69) is 5.32 Å². The summed E-state index contributed by atoms with van der Waals surface area (Å²) >= 11 is 0.911. The largest absolute Gasteiger partial charge is 0.486 e. The van der Waals surface area contributed by atoms with Crippen molar-refractivity contribution in [1.82, 2.24) is 10.2 Å². The Bertz CT molecular complexity index is 1010. The van der Waals surface area contributed by atoms with Crippen LogP contribution in [0.25, 0.3) is 6.08 Å². The highest BCUT2D eigenvalue weighted by Crippen LogP contribution is 2.32. The first kappa shape index (κ1) is 20.0. The molecule has 0 unspecified atom stereocenters. The number of hydrogen-bond donors (Lipinski definition) is 1. The number of rotatable bonds is 6. The maximum Gasteiger partial charge on any atom is 0.293 e. The van der Waals surface area contributed by atoms with Gasteiger partial charge in [-0.3, -0.25) is 19.3 Å². The van der Waals surface area contributed by atoms with Gasteiger partial charge < -0.3 is 14.8 Å². The van der Waals surface area contributed by atoms with Gasteiger partial charge in [-0.05, 0) is 41.1 Å². The van der Waals surface area contributed by atoms with Crippen LogP contribution < -0.4 is 14.8 Å². The first-order valence-electron chi connectivity index (χ1n) is 9.56. The summed E-state index contributed by atoms with van der Waals surface area (Å²) in [6.07, 6.45) is 1.87. The highest BCUT2D eigenvalue weighted by atomic mass is 32.2. The molecule has 2 aliphatic rings. The summed E-state index contributed by atoms with van der Waals surface area (Å²) in [5, 5.41) is 2.43. The highest BCUT2D eigenvalue weighted by Gasteiger charge is 2.34. The van der Waals surface area contributed by atoms with Gasteiger partial charge in [0.25, 0.3) is 11.1 Å². The third-order valence-corrected chi connectivity index (χ3v) is 5.51. The molecule has 0 aromatic heterocycles. The Hall–Kier alpha value is -3.26. The fourth-order valence-corrected chi connectivity index (χ4v) is 4.01. The van der Waals surface area contributed by atoms with Gasteiger partial charge in [0.1, 0.15) is 13.2 Å². The van der Waals surface area contributed by atoms with E-state index in [1.54, 1.807) is 18.2 Å². The second-order valence-corrected chi connectivity index (χ2v) is 7.74. The predicted octanol–water partition coefficient (Wildman–Crippen LogP) is 2.85. The van der Waals surface area contributed by atoms with Crippen molar-refractivity contribution < 1.29 is 23.9 Å². The van der Waals surface area contributed by atoms with E-state index in [9.17, 15) is 14.4 Å². The fourth-order valence-electron chi connectivity index (χ4n) is 3.15. The Kier molecular flexibility index (Phi) is 6.04. The first-order chi connectivity index (χ1) is 14.6. The summed E-state index contributed by atoms with van der Waals surface area (Å²) in [6.45, 7) is 1.32. The molecule has 3 amide bonds. The lowest BCUT2D eigenvalue weighted by molar-refractivity contribution is -0.124. The maximum absolute atomic E-state index is 12.5. The van der Waals surface area contributed by atoms with Crippen molar-refractivity contribution in [2.75, 3.05) is 26.3 Å². The van der Waals surface area contributed by atoms with Gasteiger partial charge in [0.2, 0.25) is 5.91 Å². The SMILES string of the molecule is O=C(Cc1ccc2c(c1)OCCO2)NCCN1C(=O)SC(=Cc2ccccc2)C1=O. The average molecular weight is 424 g/mol. The molecule has 0 aliphatic carbocycles. The summed E-state index contributed by atoms with van der Waals surface area (Å²) in [5.74, 6) is 0.774. The average Bonchev–Trinajstić information content (AvgIpc) is 3.01. The molecule has 8 heteroatoms. The molecular formula is C22H20N2O5S. The summed E-state index contributed by atoms with van der Waals surface area (Å²) in [7, 11) is 0. The number of carbonyl (C=O) groups is 3. The van der Waals surface area contributed by atoms with Crippen molar-refractivity contribution in [1.29, 1.82) is 0 Å². The Morgan fingerprint density at radius 2 is 1.83 bits per heavy atom. The van der Waals surface area contributed by atoms with Crippen molar-refractivity contribution in [3.8, 4) is 11.5 Å². The monoisotopic (exact) mass is 424 g/mol. The molecule has 0 saturated carbocycles. The molecule has 154 valence electrons. The molecule has 0 spiro atoms. The Labute approximate surface area is 178 Å². The van der Waals surface area contributed by atoms with Crippen LogP contribution in [-0.4, -0.2) is 48.3 Å². The van der Waals surface area contributed by atoms with Gasteiger partial charge >= 0.3 is 0 Å². The van der Waals surface area contributed by atoms with E-state index >= 15 is 0 Å². The summed E-state index contributed by atoms with van der Waals surface area (Å²) in [6, 6.07) is 14.8. The molecule has 2 aromatic rings. The maximum atomic E-state index is 12.5. The Morgan fingerprint density at radius 3 is 2.63 bits per heavy atom. The van der Waals surface area contributed by atoms with Crippen molar-refractivity contribution in [3.05, 3.63) is 64.6 Å². The van der Waals surface area contributed by atoms with Crippen LogP contribution in [-0.2, 0) is 16.0 Å². The topological polar surface area (TPSA) is 84.9 Å². The quantitative estimate of drug-likeness (QED) is 0.718. The number of nitrogens with zero attached hydrogens (tertiary/aromatic N) is 1. The summed E-state index contributed by atoms with van der Waals surface area (Å²) in [4.78, 5) is 38.5. The van der Waals surface area contributed by atoms with Gasteiger partial charge in [0.15, 0.2) is 11.5 Å². The number of benzene rings is 2. The highest BCUT2D eigenvalue weighted by molar-refractivity contribution is 8.18. The van der Waals surface area contributed by atoms with Crippen LogP contribution in [0.3, 0.4) is 0 Å². The van der Waals surface area contributed by atoms with Crippen LogP contribution in [0.4, 0.5) is 4.79 Å². The van der Waals surface area contributed by atoms with Gasteiger partial charge in [0.05, 0.1) is 11.3 Å². The lowest BCUT2D eigenvalue weighted by Gasteiger charge is -2.18. The standard InChI is InChI=1S/C22H20N2O5S/c25-20(14-16-6-7-17-18(12-16)29-11-10-28-17)23-8-9-24-21(26)19(30-22(24)27)13-15-4-2-1-3-5-15/h1-7,12-13H,8-11,14H2,(H,23,25). The first-order valence-corrected chi connectivity index (χ1v) is 10.4. The van der Waals surface area contributed by atoms with E-state index in [1.807, 2.05) is 36.4 Å². The zero-order chi connectivity index (χ0) is 20.9. The van der Waals surface area contributed by atoms with Crippen molar-refractivity contribution >= 4 is 34.9 Å². The molecule has 2 heterocycles. The molecule has 2 aliphatic heterocycles. The number of carbonyl (C=O) groups excluding carboxylic acids is 3. The molecule has 1 saturated heterocycles. The normalized spacial score (nSPS) is 16.8. The predicted molar refractivity (Wildman–Crippen MR) is 113 cm³/mol. The lowest BCUT2D eigenvalue weighted by Crippen LogP contribution is -2.37. The molecule has 0 bridgehead atoms. The minimum Gasteiger partial charge on any atom is -0.486 e. The van der Waals surface area contributed by atoms with Gasteiger partial charge in [0, 0.05) is 13.1 Å². The fraction of sp³-hybridized carbons (Fsp3) is 0.227. The van der Waals surface area contributed by atoms with E-state index in [1.165, 1.54) is 0 Å². The number of hydrogen-bond acceptors (Lipinski definition) is 6. The van der Waals surface area contributed by atoms with Crippen molar-refractivity contribution in [2.45, 2.75) is 6.42 Å². The smallest absolute Gasteiger partial charge is 0.293 e. The van der Waals surface area contributed by atoms with E-state index < -0.39 is 0 Å². The Balaban J connectivity index is 1.28. The molecular weight excluding hydrogens is 404 g/mol. The van der Waals surface area contributed by atoms with Crippen LogP contribution in [0.5, 0.6) is 11.5 Å². The molecule has 2 aromatic carbocycles. The molecule has 4 rings (SSSR count). The van der Waals surface area contributed by atoms with Crippen LogP contribution in [0.1, 0.15) is 11.1 Å². The van der Waals surface area contributed by atoms with Crippen molar-refractivity contribution in [2.24, 2.45) is 0 Å². The third kappa shape index (κ3) is 4.65. The Morgan fingerprint density at radius 1 is 1.07 bits per heavy atom. The number of imide groups is 1. The van der Waals surface area contributed by atoms with E-state index in [-0.39, 0.29) is 36.6 Å². The second kappa shape index (κ2) is 9.04. The number of thioether (sulfide) groups is 1. The van der Waals surface area contributed by atoms with E-state index in [4.69, 9.17) is 9.47 Å². The molecule has 0 radical (unpaired) electrons. The molecule has 7 nitrogen and oxygen atoms in total.